The summed E-state index contributed by atoms with van der Waals surface area (Å²) in [6.45, 7) is 0.543. The van der Waals surface area contributed by atoms with Crippen molar-refractivity contribution in [2.24, 2.45) is 5.92 Å². The van der Waals surface area contributed by atoms with E-state index in [4.69, 9.17) is 9.05 Å². The molecule has 1 saturated carbocycles. The molecule has 1 saturated heterocycles. The predicted molar refractivity (Wildman–Crippen MR) is 69.5 cm³/mol. The average molecular weight is 267 g/mol. The number of hydrogen-bond donors (Lipinski definition) is 1. The molecule has 1 aliphatic carbocycles. The first-order valence-electron chi connectivity index (χ1n) is 6.52. The molecule has 3 rings (SSSR count). The summed E-state index contributed by atoms with van der Waals surface area (Å²) < 4.78 is 23.5. The largest absolute Gasteiger partial charge is 0.458 e. The summed E-state index contributed by atoms with van der Waals surface area (Å²) in [5, 5.41) is 3.09. The molecule has 1 aromatic carbocycles. The van der Waals surface area contributed by atoms with Gasteiger partial charge in [-0.3, -0.25) is 4.52 Å². The first-order valence-corrected chi connectivity index (χ1v) is 8.06. The van der Waals surface area contributed by atoms with Gasteiger partial charge in [0.1, 0.15) is 5.75 Å². The molecule has 1 N–H and O–H groups in total. The summed E-state index contributed by atoms with van der Waals surface area (Å²) in [4.78, 5) is 0. The highest BCUT2D eigenvalue weighted by atomic mass is 31.2. The molecule has 4 nitrogen and oxygen atoms in total. The predicted octanol–water partition coefficient (Wildman–Crippen LogP) is 3.35. The van der Waals surface area contributed by atoms with Gasteiger partial charge in [0.05, 0.1) is 6.61 Å². The third-order valence-electron chi connectivity index (χ3n) is 3.66. The van der Waals surface area contributed by atoms with Gasteiger partial charge in [-0.2, -0.15) is 0 Å². The highest BCUT2D eigenvalue weighted by Crippen LogP contribution is 2.50. The quantitative estimate of drug-likeness (QED) is 0.835. The van der Waals surface area contributed by atoms with Crippen molar-refractivity contribution in [3.8, 4) is 5.75 Å². The fourth-order valence-corrected chi connectivity index (χ4v) is 4.40. The fourth-order valence-electron chi connectivity index (χ4n) is 2.68. The molecule has 2 aliphatic rings. The van der Waals surface area contributed by atoms with Crippen LogP contribution in [0.2, 0.25) is 0 Å². The smallest absolute Gasteiger partial charge is 0.413 e. The maximum Gasteiger partial charge on any atom is 0.458 e. The summed E-state index contributed by atoms with van der Waals surface area (Å²) in [6, 6.07) is 9.47. The van der Waals surface area contributed by atoms with Crippen LogP contribution in [0.5, 0.6) is 5.75 Å². The van der Waals surface area contributed by atoms with Gasteiger partial charge < -0.3 is 4.52 Å². The summed E-state index contributed by atoms with van der Waals surface area (Å²) in [5.74, 6) is 1.07. The van der Waals surface area contributed by atoms with Crippen molar-refractivity contribution in [1.29, 1.82) is 0 Å². The minimum absolute atomic E-state index is 0.280. The van der Waals surface area contributed by atoms with Crippen molar-refractivity contribution < 1.29 is 13.6 Å². The van der Waals surface area contributed by atoms with Gasteiger partial charge in [0.2, 0.25) is 0 Å². The Balaban J connectivity index is 1.70. The monoisotopic (exact) mass is 267 g/mol. The Kier molecular flexibility index (Phi) is 3.42. The Morgan fingerprint density at radius 1 is 1.22 bits per heavy atom. The van der Waals surface area contributed by atoms with Crippen LogP contribution in [0.25, 0.3) is 0 Å². The van der Waals surface area contributed by atoms with E-state index < -0.39 is 7.75 Å². The van der Waals surface area contributed by atoms with E-state index in [2.05, 4.69) is 5.09 Å². The minimum atomic E-state index is -3.17. The second-order valence-corrected chi connectivity index (χ2v) is 6.67. The van der Waals surface area contributed by atoms with E-state index in [0.29, 0.717) is 18.3 Å². The van der Waals surface area contributed by atoms with Crippen molar-refractivity contribution >= 4 is 7.75 Å². The summed E-state index contributed by atoms with van der Waals surface area (Å²) in [6.07, 6.45) is 4.66. The third kappa shape index (κ3) is 2.61. The van der Waals surface area contributed by atoms with E-state index in [1.807, 2.05) is 18.2 Å². The molecule has 5 heteroatoms. The van der Waals surface area contributed by atoms with Gasteiger partial charge in [-0.25, -0.2) is 9.65 Å². The number of rotatable bonds is 2. The molecule has 1 unspecified atom stereocenters. The van der Waals surface area contributed by atoms with Gasteiger partial charge >= 0.3 is 7.75 Å². The Bertz CT molecular complexity index is 451. The molecule has 1 aliphatic heterocycles. The van der Waals surface area contributed by atoms with E-state index in [0.717, 1.165) is 12.8 Å². The standard InChI is InChI=1S/C13H18NO3P/c15-18(17-12-7-2-1-3-8-12)14-13-9-5-4-6-11(13)10-16-18/h1-3,7-8,11,13H,4-6,9-10H2,(H,14,15)/t11-,13+,18?/m1/s1. The van der Waals surface area contributed by atoms with Gasteiger partial charge in [0.25, 0.3) is 0 Å². The van der Waals surface area contributed by atoms with E-state index in [1.165, 1.54) is 12.8 Å². The van der Waals surface area contributed by atoms with Crippen molar-refractivity contribution in [3.63, 3.8) is 0 Å². The van der Waals surface area contributed by atoms with E-state index in [-0.39, 0.29) is 6.04 Å². The van der Waals surface area contributed by atoms with Crippen LogP contribution in [-0.4, -0.2) is 12.6 Å². The van der Waals surface area contributed by atoms with E-state index in [9.17, 15) is 4.57 Å². The number of benzene rings is 1. The normalized spacial score (nSPS) is 35.8. The van der Waals surface area contributed by atoms with Crippen LogP contribution in [0.15, 0.2) is 30.3 Å². The molecule has 2 fully saturated rings. The lowest BCUT2D eigenvalue weighted by Gasteiger charge is -2.38. The molecule has 18 heavy (non-hydrogen) atoms. The SMILES string of the molecule is O=P1(Oc2ccccc2)N[C@H]2CCCC[C@@H]2CO1. The highest BCUT2D eigenvalue weighted by Gasteiger charge is 2.40. The lowest BCUT2D eigenvalue weighted by atomic mass is 9.86. The van der Waals surface area contributed by atoms with Crippen LogP contribution in [0.3, 0.4) is 0 Å². The molecule has 0 radical (unpaired) electrons. The fraction of sp³-hybridized carbons (Fsp3) is 0.538. The molecule has 0 spiro atoms. The Hall–Kier alpha value is -0.830. The zero-order valence-corrected chi connectivity index (χ0v) is 11.1. The number of nitrogens with one attached hydrogen (secondary N) is 1. The van der Waals surface area contributed by atoms with Crippen molar-refractivity contribution in [2.45, 2.75) is 31.7 Å². The summed E-state index contributed by atoms with van der Waals surface area (Å²) >= 11 is 0. The Labute approximate surface area is 107 Å². The maximum absolute atomic E-state index is 12.5. The molecule has 0 amide bonds. The second kappa shape index (κ2) is 5.04. The summed E-state index contributed by atoms with van der Waals surface area (Å²) in [7, 11) is -3.17. The van der Waals surface area contributed by atoms with Gasteiger partial charge in [0.15, 0.2) is 0 Å². The topological polar surface area (TPSA) is 47.6 Å². The molecular weight excluding hydrogens is 249 g/mol. The van der Waals surface area contributed by atoms with Crippen LogP contribution < -0.4 is 9.61 Å². The van der Waals surface area contributed by atoms with Gasteiger partial charge in [-0.1, -0.05) is 31.0 Å². The van der Waals surface area contributed by atoms with Crippen LogP contribution in [-0.2, 0) is 9.09 Å². The number of para-hydroxylation sites is 1. The molecule has 3 atom stereocenters. The Morgan fingerprint density at radius 3 is 2.83 bits per heavy atom. The first-order chi connectivity index (χ1) is 8.75. The minimum Gasteiger partial charge on any atom is -0.413 e. The van der Waals surface area contributed by atoms with Crippen molar-refractivity contribution in [2.75, 3.05) is 6.61 Å². The van der Waals surface area contributed by atoms with Gasteiger partial charge in [-0.15, -0.1) is 0 Å². The van der Waals surface area contributed by atoms with Crippen molar-refractivity contribution in [3.05, 3.63) is 30.3 Å². The first kappa shape index (κ1) is 12.2. The third-order valence-corrected chi connectivity index (χ3v) is 5.25. The zero-order valence-electron chi connectivity index (χ0n) is 10.2. The van der Waals surface area contributed by atoms with E-state index >= 15 is 0 Å². The molecule has 1 aromatic rings. The maximum atomic E-state index is 12.5. The van der Waals surface area contributed by atoms with Gasteiger partial charge in [-0.05, 0) is 30.9 Å². The zero-order chi connectivity index (χ0) is 12.4. The van der Waals surface area contributed by atoms with Crippen LogP contribution in [0.4, 0.5) is 0 Å². The lowest BCUT2D eigenvalue weighted by molar-refractivity contribution is 0.123. The summed E-state index contributed by atoms with van der Waals surface area (Å²) in [5.41, 5.74) is 0. The number of hydrogen-bond acceptors (Lipinski definition) is 3. The van der Waals surface area contributed by atoms with E-state index in [1.54, 1.807) is 12.1 Å². The van der Waals surface area contributed by atoms with Crippen molar-refractivity contribution in [1.82, 2.24) is 5.09 Å². The molecule has 0 aromatic heterocycles. The Morgan fingerprint density at radius 2 is 2.00 bits per heavy atom. The molecule has 0 bridgehead atoms. The molecule has 98 valence electrons. The lowest BCUT2D eigenvalue weighted by Crippen LogP contribution is -2.44. The highest BCUT2D eigenvalue weighted by molar-refractivity contribution is 7.52. The van der Waals surface area contributed by atoms with Crippen LogP contribution >= 0.6 is 7.75 Å². The second-order valence-electron chi connectivity index (χ2n) is 4.98. The van der Waals surface area contributed by atoms with Crippen LogP contribution in [0, 0.1) is 5.92 Å². The number of fused-ring (bicyclic) bond motifs is 1. The molecular formula is C13H18NO3P. The van der Waals surface area contributed by atoms with Gasteiger partial charge in [0, 0.05) is 6.04 Å². The average Bonchev–Trinajstić information content (AvgIpc) is 2.39. The van der Waals surface area contributed by atoms with Crippen LogP contribution in [0.1, 0.15) is 25.7 Å². The molecule has 1 heterocycles.